The molecule has 0 aliphatic heterocycles. The number of hydrogen-bond donors (Lipinski definition) is 0. The first kappa shape index (κ1) is 13.8. The second-order valence-electron chi connectivity index (χ2n) is 3.53. The van der Waals surface area contributed by atoms with Gasteiger partial charge >= 0.3 is 0 Å². The highest BCUT2D eigenvalue weighted by molar-refractivity contribution is 5.94. The number of methoxy groups -OCH3 is 2. The number of hydrogen-bond acceptors (Lipinski definition) is 5. The second-order valence-corrected chi connectivity index (χ2v) is 3.53. The van der Waals surface area contributed by atoms with Crippen molar-refractivity contribution in [2.45, 2.75) is 6.92 Å². The van der Waals surface area contributed by atoms with Crippen LogP contribution < -0.4 is 14.4 Å². The van der Waals surface area contributed by atoms with Crippen molar-refractivity contribution in [1.29, 1.82) is 0 Å². The first-order chi connectivity index (χ1) is 8.42. The van der Waals surface area contributed by atoms with Crippen LogP contribution in [0.2, 0.25) is 0 Å². The van der Waals surface area contributed by atoms with Crippen molar-refractivity contribution in [3.63, 3.8) is 0 Å². The van der Waals surface area contributed by atoms with Crippen molar-refractivity contribution in [3.05, 3.63) is 22.2 Å². The topological polar surface area (TPSA) is 81.9 Å². The number of nitrogens with zero attached hydrogens (tertiary/aromatic N) is 2. The normalized spacial score (nSPS) is 9.78. The van der Waals surface area contributed by atoms with E-state index in [1.807, 2.05) is 0 Å². The Morgan fingerprint density at radius 1 is 1.28 bits per heavy atom. The minimum atomic E-state index is -0.573. The maximum atomic E-state index is 11.3. The van der Waals surface area contributed by atoms with Crippen LogP contribution in [-0.4, -0.2) is 32.1 Å². The Morgan fingerprint density at radius 2 is 1.78 bits per heavy atom. The van der Waals surface area contributed by atoms with Gasteiger partial charge in [-0.15, -0.1) is 0 Å². The Hall–Kier alpha value is -2.31. The number of ether oxygens (including phenoxy) is 2. The summed E-state index contributed by atoms with van der Waals surface area (Å²) in [6.45, 7) is 1.32. The van der Waals surface area contributed by atoms with Gasteiger partial charge in [0.25, 0.3) is 5.69 Å². The maximum absolute atomic E-state index is 11.3. The molecule has 0 spiro atoms. The zero-order valence-corrected chi connectivity index (χ0v) is 10.6. The van der Waals surface area contributed by atoms with Gasteiger partial charge in [-0.3, -0.25) is 14.9 Å². The van der Waals surface area contributed by atoms with E-state index >= 15 is 0 Å². The third kappa shape index (κ3) is 2.50. The highest BCUT2D eigenvalue weighted by Crippen LogP contribution is 2.39. The largest absolute Gasteiger partial charge is 0.493 e. The molecular formula is C11H14N2O5. The molecular weight excluding hydrogens is 240 g/mol. The predicted molar refractivity (Wildman–Crippen MR) is 65.3 cm³/mol. The first-order valence-electron chi connectivity index (χ1n) is 5.07. The van der Waals surface area contributed by atoms with Gasteiger partial charge in [0, 0.05) is 20.0 Å². The van der Waals surface area contributed by atoms with Crippen molar-refractivity contribution in [2.24, 2.45) is 0 Å². The molecule has 0 saturated carbocycles. The van der Waals surface area contributed by atoms with E-state index in [1.54, 1.807) is 0 Å². The Bertz CT molecular complexity index is 487. The van der Waals surface area contributed by atoms with Gasteiger partial charge in [0.05, 0.1) is 25.2 Å². The average Bonchev–Trinajstić information content (AvgIpc) is 2.35. The third-order valence-corrected chi connectivity index (χ3v) is 2.51. The van der Waals surface area contributed by atoms with Gasteiger partial charge in [-0.1, -0.05) is 0 Å². The molecule has 0 aromatic heterocycles. The average molecular weight is 254 g/mol. The third-order valence-electron chi connectivity index (χ3n) is 2.51. The molecule has 1 amide bonds. The Kier molecular flexibility index (Phi) is 4.09. The molecule has 18 heavy (non-hydrogen) atoms. The van der Waals surface area contributed by atoms with Gasteiger partial charge in [-0.25, -0.2) is 0 Å². The Balaban J connectivity index is 3.47. The van der Waals surface area contributed by atoms with Crippen LogP contribution in [0.5, 0.6) is 11.5 Å². The summed E-state index contributed by atoms with van der Waals surface area (Å²) in [6, 6.07) is 2.63. The molecule has 7 heteroatoms. The number of carbonyl (C=O) groups excluding carboxylic acids is 1. The van der Waals surface area contributed by atoms with Crippen LogP contribution in [0.25, 0.3) is 0 Å². The SMILES string of the molecule is COc1cc(N(C)C(C)=O)c([N+](=O)[O-])cc1OC. The van der Waals surface area contributed by atoms with Crippen molar-refractivity contribution in [1.82, 2.24) is 0 Å². The lowest BCUT2D eigenvalue weighted by Gasteiger charge is -2.17. The molecule has 1 aromatic carbocycles. The summed E-state index contributed by atoms with van der Waals surface area (Å²) < 4.78 is 10.0. The van der Waals surface area contributed by atoms with E-state index in [-0.39, 0.29) is 23.0 Å². The van der Waals surface area contributed by atoms with Crippen molar-refractivity contribution in [3.8, 4) is 11.5 Å². The zero-order valence-electron chi connectivity index (χ0n) is 10.6. The lowest BCUT2D eigenvalue weighted by Crippen LogP contribution is -2.23. The highest BCUT2D eigenvalue weighted by Gasteiger charge is 2.23. The van der Waals surface area contributed by atoms with E-state index in [2.05, 4.69) is 0 Å². The molecule has 1 rings (SSSR count). The van der Waals surface area contributed by atoms with Crippen molar-refractivity contribution >= 4 is 17.3 Å². The van der Waals surface area contributed by atoms with Crippen molar-refractivity contribution < 1.29 is 19.2 Å². The van der Waals surface area contributed by atoms with Gasteiger partial charge in [0.15, 0.2) is 11.5 Å². The van der Waals surface area contributed by atoms with Crippen LogP contribution >= 0.6 is 0 Å². The molecule has 0 N–H and O–H groups in total. The van der Waals surface area contributed by atoms with Gasteiger partial charge < -0.3 is 14.4 Å². The molecule has 0 aliphatic carbocycles. The fourth-order valence-corrected chi connectivity index (χ4v) is 1.44. The molecule has 0 radical (unpaired) electrons. The van der Waals surface area contributed by atoms with Crippen LogP contribution in [0.3, 0.4) is 0 Å². The quantitative estimate of drug-likeness (QED) is 0.602. The molecule has 7 nitrogen and oxygen atoms in total. The molecule has 0 aliphatic rings. The smallest absolute Gasteiger partial charge is 0.296 e. The number of carbonyl (C=O) groups is 1. The molecule has 0 fully saturated rings. The minimum Gasteiger partial charge on any atom is -0.493 e. The Labute approximate surface area is 104 Å². The monoisotopic (exact) mass is 254 g/mol. The highest BCUT2D eigenvalue weighted by atomic mass is 16.6. The summed E-state index contributed by atoms with van der Waals surface area (Å²) in [5.74, 6) is 0.251. The number of amides is 1. The molecule has 0 saturated heterocycles. The number of nitro groups is 1. The summed E-state index contributed by atoms with van der Waals surface area (Å²) >= 11 is 0. The fraction of sp³-hybridized carbons (Fsp3) is 0.364. The van der Waals surface area contributed by atoms with E-state index in [9.17, 15) is 14.9 Å². The van der Waals surface area contributed by atoms with E-state index in [4.69, 9.17) is 9.47 Å². The number of rotatable bonds is 4. The zero-order chi connectivity index (χ0) is 13.9. The van der Waals surface area contributed by atoms with Gasteiger partial charge in [0.1, 0.15) is 5.69 Å². The van der Waals surface area contributed by atoms with E-state index in [0.29, 0.717) is 5.75 Å². The summed E-state index contributed by atoms with van der Waals surface area (Å²) in [5.41, 5.74) is -0.0597. The summed E-state index contributed by atoms with van der Waals surface area (Å²) in [6.07, 6.45) is 0. The number of nitro benzene ring substituents is 1. The van der Waals surface area contributed by atoms with Gasteiger partial charge in [-0.2, -0.15) is 0 Å². The molecule has 0 heterocycles. The lowest BCUT2D eigenvalue weighted by atomic mass is 10.2. The van der Waals surface area contributed by atoms with E-state index in [0.717, 1.165) is 0 Å². The molecule has 0 bridgehead atoms. The van der Waals surface area contributed by atoms with Crippen LogP contribution in [0.15, 0.2) is 12.1 Å². The van der Waals surface area contributed by atoms with Crippen LogP contribution in [0.1, 0.15) is 6.92 Å². The molecule has 1 aromatic rings. The summed E-state index contributed by atoms with van der Waals surface area (Å²) in [4.78, 5) is 22.9. The standard InChI is InChI=1S/C11H14N2O5/c1-7(14)12(2)8-5-10(17-3)11(18-4)6-9(8)13(15)16/h5-6H,1-4H3. The molecule has 98 valence electrons. The lowest BCUT2D eigenvalue weighted by molar-refractivity contribution is -0.384. The van der Waals surface area contributed by atoms with Gasteiger partial charge in [-0.05, 0) is 0 Å². The van der Waals surface area contributed by atoms with Crippen molar-refractivity contribution in [2.75, 3.05) is 26.2 Å². The second kappa shape index (κ2) is 5.35. The van der Waals surface area contributed by atoms with Crippen LogP contribution in [-0.2, 0) is 4.79 Å². The van der Waals surface area contributed by atoms with E-state index in [1.165, 1.54) is 45.2 Å². The predicted octanol–water partition coefficient (Wildman–Crippen LogP) is 1.59. The Morgan fingerprint density at radius 3 is 2.17 bits per heavy atom. The molecule has 0 unspecified atom stereocenters. The minimum absolute atomic E-state index is 0.158. The van der Waals surface area contributed by atoms with Gasteiger partial charge in [0.2, 0.25) is 5.91 Å². The van der Waals surface area contributed by atoms with E-state index < -0.39 is 4.92 Å². The summed E-state index contributed by atoms with van der Waals surface area (Å²) in [7, 11) is 4.26. The van der Waals surface area contributed by atoms with Crippen LogP contribution in [0, 0.1) is 10.1 Å². The first-order valence-corrected chi connectivity index (χ1v) is 5.07. The van der Waals surface area contributed by atoms with Crippen LogP contribution in [0.4, 0.5) is 11.4 Å². The fourth-order valence-electron chi connectivity index (χ4n) is 1.44. The number of anilines is 1. The number of benzene rings is 1. The molecule has 0 atom stereocenters. The summed E-state index contributed by atoms with van der Waals surface area (Å²) in [5, 5.41) is 11.0. The maximum Gasteiger partial charge on any atom is 0.296 e.